The van der Waals surface area contributed by atoms with E-state index in [1.54, 1.807) is 0 Å². The van der Waals surface area contributed by atoms with Gasteiger partial charge in [0.25, 0.3) is 0 Å². The number of hydrogen-bond donors (Lipinski definition) is 1. The first-order valence-corrected chi connectivity index (χ1v) is 9.14. The molecule has 1 N–H and O–H groups in total. The summed E-state index contributed by atoms with van der Waals surface area (Å²) in [6.45, 7) is 4.33. The second-order valence-electron chi connectivity index (χ2n) is 7.28. The van der Waals surface area contributed by atoms with Crippen molar-refractivity contribution in [2.45, 2.75) is 51.2 Å². The van der Waals surface area contributed by atoms with Crippen LogP contribution in [0.25, 0.3) is 0 Å². The van der Waals surface area contributed by atoms with E-state index < -0.39 is 6.17 Å². The first-order chi connectivity index (χ1) is 12.0. The highest BCUT2D eigenvalue weighted by Gasteiger charge is 2.31. The van der Waals surface area contributed by atoms with Gasteiger partial charge in [-0.05, 0) is 41.9 Å². The standard InChI is InChI=1S/C22H26FNO/c1-15(2)16-8-10-18(11-9-16)21(17-6-4-3-5-7-17)24-22(25)19-12-13-20(23)14-19/h3-11,15,19-21H,12-14H2,1-2H3,(H,24,25)/t19-,20?,21-/m0/s1. The Hall–Kier alpha value is -2.16. The zero-order chi connectivity index (χ0) is 17.8. The lowest BCUT2D eigenvalue weighted by molar-refractivity contribution is -0.125. The normalized spacial score (nSPS) is 21.3. The zero-order valence-electron chi connectivity index (χ0n) is 14.9. The molecule has 0 heterocycles. The molecule has 2 aromatic rings. The van der Waals surface area contributed by atoms with Gasteiger partial charge >= 0.3 is 0 Å². The maximum absolute atomic E-state index is 13.5. The average molecular weight is 339 g/mol. The minimum Gasteiger partial charge on any atom is -0.345 e. The van der Waals surface area contributed by atoms with Crippen molar-refractivity contribution in [1.29, 1.82) is 0 Å². The van der Waals surface area contributed by atoms with Crippen LogP contribution in [-0.4, -0.2) is 12.1 Å². The minimum atomic E-state index is -0.837. The molecule has 3 rings (SSSR count). The molecule has 0 aliphatic heterocycles. The third kappa shape index (κ3) is 4.28. The number of amides is 1. The van der Waals surface area contributed by atoms with Crippen molar-refractivity contribution in [1.82, 2.24) is 5.32 Å². The Balaban J connectivity index is 1.84. The van der Waals surface area contributed by atoms with Crippen LogP contribution in [0.2, 0.25) is 0 Å². The van der Waals surface area contributed by atoms with E-state index in [1.165, 1.54) is 5.56 Å². The summed E-state index contributed by atoms with van der Waals surface area (Å²) >= 11 is 0. The molecule has 1 amide bonds. The molecule has 25 heavy (non-hydrogen) atoms. The molecule has 0 bridgehead atoms. The van der Waals surface area contributed by atoms with Gasteiger partial charge in [0.2, 0.25) is 5.91 Å². The van der Waals surface area contributed by atoms with Gasteiger partial charge < -0.3 is 5.32 Å². The summed E-state index contributed by atoms with van der Waals surface area (Å²) in [4.78, 5) is 12.6. The smallest absolute Gasteiger partial charge is 0.223 e. The van der Waals surface area contributed by atoms with Crippen LogP contribution in [-0.2, 0) is 4.79 Å². The molecule has 3 heteroatoms. The number of halogens is 1. The van der Waals surface area contributed by atoms with Gasteiger partial charge in [-0.25, -0.2) is 4.39 Å². The van der Waals surface area contributed by atoms with Gasteiger partial charge in [0, 0.05) is 5.92 Å². The fourth-order valence-electron chi connectivity index (χ4n) is 3.50. The quantitative estimate of drug-likeness (QED) is 0.801. The van der Waals surface area contributed by atoms with E-state index >= 15 is 0 Å². The van der Waals surface area contributed by atoms with Crippen LogP contribution in [0.3, 0.4) is 0 Å². The fourth-order valence-corrected chi connectivity index (χ4v) is 3.50. The Kier molecular flexibility index (Phi) is 5.52. The topological polar surface area (TPSA) is 29.1 Å². The lowest BCUT2D eigenvalue weighted by Crippen LogP contribution is -2.33. The Morgan fingerprint density at radius 1 is 0.960 bits per heavy atom. The van der Waals surface area contributed by atoms with Crippen molar-refractivity contribution >= 4 is 5.91 Å². The summed E-state index contributed by atoms with van der Waals surface area (Å²) in [5, 5.41) is 3.16. The van der Waals surface area contributed by atoms with Crippen molar-refractivity contribution in [3.05, 3.63) is 71.3 Å². The molecule has 0 saturated heterocycles. The number of carbonyl (C=O) groups excluding carboxylic acids is 1. The first kappa shape index (κ1) is 17.7. The summed E-state index contributed by atoms with van der Waals surface area (Å²) in [5.41, 5.74) is 3.37. The van der Waals surface area contributed by atoms with Crippen LogP contribution < -0.4 is 5.32 Å². The third-order valence-corrected chi connectivity index (χ3v) is 5.10. The molecule has 1 aliphatic rings. The molecule has 3 atom stereocenters. The van der Waals surface area contributed by atoms with E-state index in [0.717, 1.165) is 11.1 Å². The highest BCUT2D eigenvalue weighted by Crippen LogP contribution is 2.30. The monoisotopic (exact) mass is 339 g/mol. The lowest BCUT2D eigenvalue weighted by atomic mass is 9.94. The van der Waals surface area contributed by atoms with Gasteiger partial charge in [-0.1, -0.05) is 68.4 Å². The van der Waals surface area contributed by atoms with E-state index in [9.17, 15) is 9.18 Å². The number of rotatable bonds is 5. The van der Waals surface area contributed by atoms with E-state index in [0.29, 0.717) is 25.2 Å². The van der Waals surface area contributed by atoms with Gasteiger partial charge in [-0.2, -0.15) is 0 Å². The van der Waals surface area contributed by atoms with Crippen LogP contribution >= 0.6 is 0 Å². The van der Waals surface area contributed by atoms with Crippen molar-refractivity contribution in [2.24, 2.45) is 5.92 Å². The van der Waals surface area contributed by atoms with Crippen molar-refractivity contribution < 1.29 is 9.18 Å². The summed E-state index contributed by atoms with van der Waals surface area (Å²) in [6.07, 6.45) is 0.647. The van der Waals surface area contributed by atoms with E-state index in [1.807, 2.05) is 30.3 Å². The molecule has 0 spiro atoms. The molecule has 132 valence electrons. The van der Waals surface area contributed by atoms with Gasteiger partial charge in [0.15, 0.2) is 0 Å². The van der Waals surface area contributed by atoms with Gasteiger partial charge in [-0.3, -0.25) is 4.79 Å². The van der Waals surface area contributed by atoms with Crippen LogP contribution in [0.1, 0.15) is 61.8 Å². The minimum absolute atomic E-state index is 0.0399. The number of hydrogen-bond acceptors (Lipinski definition) is 1. The van der Waals surface area contributed by atoms with Crippen molar-refractivity contribution in [2.75, 3.05) is 0 Å². The molecule has 2 aromatic carbocycles. The Bertz CT molecular complexity index is 696. The number of alkyl halides is 1. The molecule has 1 fully saturated rings. The predicted molar refractivity (Wildman–Crippen MR) is 99.2 cm³/mol. The van der Waals surface area contributed by atoms with Crippen LogP contribution in [0.15, 0.2) is 54.6 Å². The Morgan fingerprint density at radius 3 is 2.12 bits per heavy atom. The van der Waals surface area contributed by atoms with Gasteiger partial charge in [0.05, 0.1) is 6.04 Å². The second kappa shape index (κ2) is 7.81. The second-order valence-corrected chi connectivity index (χ2v) is 7.28. The summed E-state index contributed by atoms with van der Waals surface area (Å²) in [6, 6.07) is 18.2. The first-order valence-electron chi connectivity index (χ1n) is 9.14. The fraction of sp³-hybridized carbons (Fsp3) is 0.409. The third-order valence-electron chi connectivity index (χ3n) is 5.10. The predicted octanol–water partition coefficient (Wildman–Crippen LogP) is 5.15. The number of benzene rings is 2. The Labute approximate surface area is 149 Å². The van der Waals surface area contributed by atoms with E-state index in [-0.39, 0.29) is 17.9 Å². The molecule has 0 radical (unpaired) electrons. The molecular formula is C22H26FNO. The van der Waals surface area contributed by atoms with Gasteiger partial charge in [-0.15, -0.1) is 0 Å². The molecule has 1 aliphatic carbocycles. The lowest BCUT2D eigenvalue weighted by Gasteiger charge is -2.22. The van der Waals surface area contributed by atoms with Crippen LogP contribution in [0, 0.1) is 5.92 Å². The van der Waals surface area contributed by atoms with Crippen LogP contribution in [0.5, 0.6) is 0 Å². The molecule has 2 nitrogen and oxygen atoms in total. The maximum atomic E-state index is 13.5. The van der Waals surface area contributed by atoms with E-state index in [2.05, 4.69) is 43.4 Å². The highest BCUT2D eigenvalue weighted by molar-refractivity contribution is 5.80. The average Bonchev–Trinajstić information content (AvgIpc) is 3.07. The molecule has 1 saturated carbocycles. The summed E-state index contributed by atoms with van der Waals surface area (Å²) in [5.74, 6) is 0.219. The highest BCUT2D eigenvalue weighted by atomic mass is 19.1. The SMILES string of the molecule is CC(C)c1ccc([C@@H](NC(=O)[C@H]2CCC(F)C2)c2ccccc2)cc1. The largest absolute Gasteiger partial charge is 0.345 e. The number of nitrogens with one attached hydrogen (secondary N) is 1. The van der Waals surface area contributed by atoms with Gasteiger partial charge in [0.1, 0.15) is 6.17 Å². The maximum Gasteiger partial charge on any atom is 0.223 e. The zero-order valence-corrected chi connectivity index (χ0v) is 14.9. The van der Waals surface area contributed by atoms with E-state index in [4.69, 9.17) is 0 Å². The summed E-state index contributed by atoms with van der Waals surface area (Å²) < 4.78 is 13.5. The van der Waals surface area contributed by atoms with Crippen molar-refractivity contribution in [3.63, 3.8) is 0 Å². The molecule has 1 unspecified atom stereocenters. The molecular weight excluding hydrogens is 313 g/mol. The van der Waals surface area contributed by atoms with Crippen molar-refractivity contribution in [3.8, 4) is 0 Å². The molecule has 0 aromatic heterocycles. The van der Waals surface area contributed by atoms with Crippen LogP contribution in [0.4, 0.5) is 4.39 Å². The number of carbonyl (C=O) groups is 1. The Morgan fingerprint density at radius 2 is 1.56 bits per heavy atom. The summed E-state index contributed by atoms with van der Waals surface area (Å²) in [7, 11) is 0.